The number of hydrogen-bond acceptors (Lipinski definition) is 4. The Morgan fingerprint density at radius 1 is 1.45 bits per heavy atom. The maximum Gasteiger partial charge on any atom is 0.321 e. The number of nitrogens with two attached hydrogens (primary N) is 2. The first kappa shape index (κ1) is 16.8. The average Bonchev–Trinajstić information content (AvgIpc) is 2.35. The molecular formula is C13H17ClN2O3S. The highest BCUT2D eigenvalue weighted by Gasteiger charge is 2.32. The van der Waals surface area contributed by atoms with E-state index in [1.807, 2.05) is 0 Å². The summed E-state index contributed by atoms with van der Waals surface area (Å²) in [5.41, 5.74) is 11.9. The smallest absolute Gasteiger partial charge is 0.321 e. The van der Waals surface area contributed by atoms with E-state index in [9.17, 15) is 9.59 Å². The fourth-order valence-electron chi connectivity index (χ4n) is 1.47. The Morgan fingerprint density at radius 3 is 2.50 bits per heavy atom. The third kappa shape index (κ3) is 4.13. The highest BCUT2D eigenvalue weighted by atomic mass is 35.5. The van der Waals surface area contributed by atoms with Crippen LogP contribution in [0.5, 0.6) is 0 Å². The van der Waals surface area contributed by atoms with Gasteiger partial charge in [0.15, 0.2) is 0 Å². The second-order valence-electron chi connectivity index (χ2n) is 4.88. The third-order valence-corrected chi connectivity index (χ3v) is 4.76. The minimum atomic E-state index is -1.04. The van der Waals surface area contributed by atoms with Crippen molar-refractivity contribution >= 4 is 35.2 Å². The van der Waals surface area contributed by atoms with Gasteiger partial charge in [0.25, 0.3) is 0 Å². The molecule has 1 rings (SSSR count). The topological polar surface area (TPSA) is 106 Å². The zero-order chi connectivity index (χ0) is 15.5. The van der Waals surface area contributed by atoms with Crippen molar-refractivity contribution in [2.24, 2.45) is 11.5 Å². The molecule has 0 radical (unpaired) electrons. The molecule has 1 amide bonds. The Labute approximate surface area is 126 Å². The lowest BCUT2D eigenvalue weighted by molar-refractivity contribution is -0.139. The van der Waals surface area contributed by atoms with Crippen LogP contribution in [0.2, 0.25) is 5.02 Å². The van der Waals surface area contributed by atoms with Crippen LogP contribution in [0.3, 0.4) is 0 Å². The molecule has 5 nitrogen and oxygen atoms in total. The minimum absolute atomic E-state index is 0.338. The molecule has 0 saturated carbocycles. The first-order valence-electron chi connectivity index (χ1n) is 5.85. The third-order valence-electron chi connectivity index (χ3n) is 2.95. The van der Waals surface area contributed by atoms with Crippen molar-refractivity contribution in [3.05, 3.63) is 34.3 Å². The Hall–Kier alpha value is -1.24. The number of carbonyl (C=O) groups excluding carboxylic acids is 1. The van der Waals surface area contributed by atoms with E-state index < -0.39 is 22.7 Å². The van der Waals surface area contributed by atoms with Crippen LogP contribution in [-0.4, -0.2) is 27.8 Å². The number of halogens is 1. The van der Waals surface area contributed by atoms with Crippen molar-refractivity contribution in [1.29, 1.82) is 0 Å². The molecule has 5 N–H and O–H groups in total. The minimum Gasteiger partial charge on any atom is -0.480 e. The van der Waals surface area contributed by atoms with Gasteiger partial charge in [-0.15, -0.1) is 11.8 Å². The first-order chi connectivity index (χ1) is 9.15. The number of amides is 1. The summed E-state index contributed by atoms with van der Waals surface area (Å²) in [5.74, 6) is -1.09. The van der Waals surface area contributed by atoms with Gasteiger partial charge < -0.3 is 16.6 Å². The van der Waals surface area contributed by atoms with E-state index in [1.165, 1.54) is 17.8 Å². The normalized spacial score (nSPS) is 13.0. The summed E-state index contributed by atoms with van der Waals surface area (Å²) < 4.78 is -0.641. The van der Waals surface area contributed by atoms with Gasteiger partial charge in [-0.1, -0.05) is 17.7 Å². The number of carbonyl (C=O) groups is 2. The van der Waals surface area contributed by atoms with Crippen LogP contribution in [0.4, 0.5) is 0 Å². The van der Waals surface area contributed by atoms with E-state index in [-0.39, 0.29) is 0 Å². The first-order valence-corrected chi connectivity index (χ1v) is 7.22. The molecule has 0 spiro atoms. The lowest BCUT2D eigenvalue weighted by atomic mass is 10.1. The van der Waals surface area contributed by atoms with E-state index in [4.69, 9.17) is 28.2 Å². The number of aliphatic carboxylic acids is 1. The van der Waals surface area contributed by atoms with Gasteiger partial charge in [-0.3, -0.25) is 9.59 Å². The lowest BCUT2D eigenvalue weighted by Gasteiger charge is -2.28. The van der Waals surface area contributed by atoms with Crippen LogP contribution in [0.25, 0.3) is 0 Å². The van der Waals surface area contributed by atoms with Crippen molar-refractivity contribution in [3.63, 3.8) is 0 Å². The number of primary amides is 1. The number of benzene rings is 1. The quantitative estimate of drug-likeness (QED) is 0.742. The van der Waals surface area contributed by atoms with Gasteiger partial charge in [-0.05, 0) is 31.5 Å². The van der Waals surface area contributed by atoms with Gasteiger partial charge in [0, 0.05) is 21.1 Å². The second-order valence-corrected chi connectivity index (χ2v) is 6.92. The van der Waals surface area contributed by atoms with Crippen molar-refractivity contribution in [3.8, 4) is 0 Å². The van der Waals surface area contributed by atoms with Crippen LogP contribution < -0.4 is 11.5 Å². The number of thioether (sulfide) groups is 1. The van der Waals surface area contributed by atoms with E-state index in [2.05, 4.69) is 0 Å². The van der Waals surface area contributed by atoms with Crippen molar-refractivity contribution < 1.29 is 14.7 Å². The van der Waals surface area contributed by atoms with Gasteiger partial charge >= 0.3 is 5.97 Å². The van der Waals surface area contributed by atoms with Crippen LogP contribution >= 0.6 is 23.4 Å². The molecule has 1 aromatic carbocycles. The highest BCUT2D eigenvalue weighted by molar-refractivity contribution is 7.99. The van der Waals surface area contributed by atoms with Crippen molar-refractivity contribution in [2.45, 2.75) is 30.4 Å². The van der Waals surface area contributed by atoms with E-state index in [0.717, 1.165) is 5.56 Å². The molecule has 0 bridgehead atoms. The van der Waals surface area contributed by atoms with Gasteiger partial charge in [0.05, 0.1) is 0 Å². The second kappa shape index (κ2) is 6.47. The van der Waals surface area contributed by atoms with E-state index in [0.29, 0.717) is 16.3 Å². The van der Waals surface area contributed by atoms with Crippen LogP contribution in [0.1, 0.15) is 29.8 Å². The Kier molecular flexibility index (Phi) is 5.44. The zero-order valence-corrected chi connectivity index (χ0v) is 12.8. The molecule has 110 valence electrons. The molecule has 0 fully saturated rings. The Morgan fingerprint density at radius 2 is 2.05 bits per heavy atom. The SMILES string of the molecule is CC(C)(SCc1ccc(C(N)=O)cc1Cl)[C@@H](N)C(=O)O. The molecule has 0 unspecified atom stereocenters. The standard InChI is InChI=1S/C13H17ClN2O3S/c1-13(2,10(15)12(18)19)20-6-8-4-3-7(11(16)17)5-9(8)14/h3-5,10H,6,15H2,1-2H3,(H2,16,17)(H,18,19)/t10-/m0/s1. The molecule has 0 aliphatic heterocycles. The fraction of sp³-hybridized carbons (Fsp3) is 0.385. The molecule has 1 atom stereocenters. The van der Waals surface area contributed by atoms with Crippen molar-refractivity contribution in [2.75, 3.05) is 0 Å². The summed E-state index contributed by atoms with van der Waals surface area (Å²) >= 11 is 7.47. The fourth-order valence-corrected chi connectivity index (χ4v) is 2.85. The van der Waals surface area contributed by atoms with Crippen molar-refractivity contribution in [1.82, 2.24) is 0 Å². The molecule has 0 aromatic heterocycles. The number of carboxylic acid groups (broad SMARTS) is 1. The summed E-state index contributed by atoms with van der Waals surface area (Å²) in [6, 6.07) is 3.83. The molecule has 1 aromatic rings. The highest BCUT2D eigenvalue weighted by Crippen LogP contribution is 2.32. The zero-order valence-electron chi connectivity index (χ0n) is 11.2. The van der Waals surface area contributed by atoms with Gasteiger partial charge in [-0.25, -0.2) is 0 Å². The van der Waals surface area contributed by atoms with Crippen LogP contribution in [-0.2, 0) is 10.5 Å². The maximum atomic E-state index is 11.0. The molecule has 0 heterocycles. The summed E-state index contributed by atoms with van der Waals surface area (Å²) in [4.78, 5) is 22.0. The Bertz CT molecular complexity index is 534. The lowest BCUT2D eigenvalue weighted by Crippen LogP contribution is -2.46. The summed E-state index contributed by atoms with van der Waals surface area (Å²) in [6.07, 6.45) is 0. The number of rotatable bonds is 6. The maximum absolute atomic E-state index is 11.0. The molecule has 0 aliphatic carbocycles. The molecule has 0 saturated heterocycles. The largest absolute Gasteiger partial charge is 0.480 e. The summed E-state index contributed by atoms with van der Waals surface area (Å²) in [6.45, 7) is 3.53. The molecular weight excluding hydrogens is 300 g/mol. The Balaban J connectivity index is 2.80. The van der Waals surface area contributed by atoms with Gasteiger partial charge in [-0.2, -0.15) is 0 Å². The molecule has 0 aliphatic rings. The van der Waals surface area contributed by atoms with Crippen LogP contribution in [0.15, 0.2) is 18.2 Å². The van der Waals surface area contributed by atoms with E-state index in [1.54, 1.807) is 26.0 Å². The summed E-state index contributed by atoms with van der Waals surface area (Å²) in [5, 5.41) is 9.38. The molecule has 20 heavy (non-hydrogen) atoms. The predicted molar refractivity (Wildman–Crippen MR) is 81.0 cm³/mol. The number of hydrogen-bond donors (Lipinski definition) is 3. The molecule has 7 heteroatoms. The average molecular weight is 317 g/mol. The van der Waals surface area contributed by atoms with Crippen LogP contribution in [0, 0.1) is 0 Å². The predicted octanol–water partition coefficient (Wildman–Crippen LogP) is 1.86. The number of carboxylic acids is 1. The van der Waals surface area contributed by atoms with E-state index >= 15 is 0 Å². The van der Waals surface area contributed by atoms with Gasteiger partial charge in [0.2, 0.25) is 5.91 Å². The monoisotopic (exact) mass is 316 g/mol. The summed E-state index contributed by atoms with van der Waals surface area (Å²) in [7, 11) is 0. The van der Waals surface area contributed by atoms with Gasteiger partial charge in [0.1, 0.15) is 6.04 Å².